The summed E-state index contributed by atoms with van der Waals surface area (Å²) >= 11 is 1.30. The molecule has 3 aromatic carbocycles. The van der Waals surface area contributed by atoms with Crippen molar-refractivity contribution in [3.63, 3.8) is 0 Å². The molecule has 0 bridgehead atoms. The number of aliphatic imine (C=N–C) groups is 1. The number of esters is 1. The van der Waals surface area contributed by atoms with Crippen molar-refractivity contribution in [2.45, 2.75) is 25.8 Å². The maximum atomic E-state index is 13.9. The van der Waals surface area contributed by atoms with Crippen LogP contribution >= 0.6 is 11.5 Å². The zero-order valence-electron chi connectivity index (χ0n) is 27.1. The number of nitro groups is 1. The summed E-state index contributed by atoms with van der Waals surface area (Å²) in [6.45, 7) is 7.43. The van der Waals surface area contributed by atoms with E-state index < -0.39 is 22.7 Å². The lowest BCUT2D eigenvalue weighted by molar-refractivity contribution is -0.384. The predicted molar refractivity (Wildman–Crippen MR) is 186 cm³/mol. The van der Waals surface area contributed by atoms with Crippen LogP contribution < -0.4 is 4.90 Å². The number of rotatable bonds is 12. The highest BCUT2D eigenvalue weighted by Crippen LogP contribution is 2.47. The number of hydrogen-bond donors (Lipinski definition) is 0. The van der Waals surface area contributed by atoms with Crippen LogP contribution in [0.25, 0.3) is 0 Å². The van der Waals surface area contributed by atoms with Crippen LogP contribution in [0, 0.1) is 21.8 Å². The molecule has 0 N–H and O–H groups in total. The number of carbonyl (C=O) groups excluding carboxylic acids is 1. The molecule has 2 unspecified atom stereocenters. The third-order valence-corrected chi connectivity index (χ3v) is 9.89. The van der Waals surface area contributed by atoms with Gasteiger partial charge in [-0.05, 0) is 60.9 Å². The number of non-ortho nitro benzene ring substituents is 1. The van der Waals surface area contributed by atoms with Gasteiger partial charge < -0.3 is 9.64 Å². The molecule has 10 nitrogen and oxygen atoms in total. The summed E-state index contributed by atoms with van der Waals surface area (Å²) in [6.07, 6.45) is 0.647. The number of nitrogens with zero attached hydrogens (tertiary/aromatic N) is 6. The molecule has 1 fully saturated rings. The molecule has 0 spiro atoms. The lowest BCUT2D eigenvalue weighted by Gasteiger charge is -2.36. The van der Waals surface area contributed by atoms with E-state index in [-0.39, 0.29) is 18.1 Å². The van der Waals surface area contributed by atoms with Crippen LogP contribution in [0.1, 0.15) is 35.2 Å². The van der Waals surface area contributed by atoms with Gasteiger partial charge in [0.25, 0.3) is 5.69 Å². The van der Waals surface area contributed by atoms with E-state index in [1.807, 2.05) is 50.4 Å². The number of fused-ring (bicyclic) bond motifs is 1. The number of piperazine rings is 1. The second-order valence-corrected chi connectivity index (χ2v) is 13.1. The van der Waals surface area contributed by atoms with Gasteiger partial charge in [0.15, 0.2) is 0 Å². The third-order valence-electron chi connectivity index (χ3n) is 9.09. The number of nitro benzene ring substituents is 1. The maximum absolute atomic E-state index is 13.9. The highest BCUT2D eigenvalue weighted by atomic mass is 32.1. The van der Waals surface area contributed by atoms with Gasteiger partial charge in [-0.25, -0.2) is 9.38 Å². The normalized spacial score (nSPS) is 18.0. The summed E-state index contributed by atoms with van der Waals surface area (Å²) in [4.78, 5) is 36.8. The zero-order chi connectivity index (χ0) is 33.6. The van der Waals surface area contributed by atoms with E-state index in [0.717, 1.165) is 61.2 Å². The Bertz CT molecular complexity index is 1760. The summed E-state index contributed by atoms with van der Waals surface area (Å²) in [5, 5.41) is 12.5. The molecule has 6 rings (SSSR count). The first-order chi connectivity index (χ1) is 23.3. The molecule has 12 heteroatoms. The highest BCUT2D eigenvalue weighted by Gasteiger charge is 2.42. The van der Waals surface area contributed by atoms with Crippen molar-refractivity contribution in [3.05, 3.63) is 117 Å². The van der Waals surface area contributed by atoms with Crippen molar-refractivity contribution >= 4 is 39.6 Å². The van der Waals surface area contributed by atoms with Crippen LogP contribution in [0.15, 0.2) is 83.9 Å². The van der Waals surface area contributed by atoms with Crippen LogP contribution in [0.2, 0.25) is 0 Å². The number of aromatic nitrogens is 1. The van der Waals surface area contributed by atoms with E-state index in [2.05, 4.69) is 26.8 Å². The number of carbonyl (C=O) groups is 1. The number of likely N-dealkylation sites (N-methyl/N-ethyl adjacent to an activating group) is 1. The maximum Gasteiger partial charge on any atom is 0.315 e. The Balaban J connectivity index is 1.18. The predicted octanol–water partition coefficient (Wildman–Crippen LogP) is 6.08. The smallest absolute Gasteiger partial charge is 0.315 e. The molecule has 250 valence electrons. The standard InChI is InChI=1S/C36H39FN6O4S/c1-25-32(36(44)47-22-21-40(2)24-26-7-4-3-5-8-26)33(27-9-6-10-30(23-27)43(45)46)34-31(39-48-35(34)38-25)15-16-41-17-19-42(20-18-41)29-13-11-28(37)12-14-29/h3-14,23,32-33H,15-22,24H2,1-2H3. The molecule has 0 saturated carbocycles. The molecule has 0 amide bonds. The summed E-state index contributed by atoms with van der Waals surface area (Å²) in [5.41, 5.74) is 5.12. The summed E-state index contributed by atoms with van der Waals surface area (Å²) in [5.74, 6) is -1.90. The Morgan fingerprint density at radius 2 is 1.81 bits per heavy atom. The number of halogens is 1. The first-order valence-corrected chi connectivity index (χ1v) is 16.9. The topological polar surface area (TPSA) is 104 Å². The second-order valence-electron chi connectivity index (χ2n) is 12.4. The molecule has 2 aliphatic rings. The second kappa shape index (κ2) is 15.1. The fourth-order valence-corrected chi connectivity index (χ4v) is 7.45. The van der Waals surface area contributed by atoms with Gasteiger partial charge in [0.1, 0.15) is 23.3 Å². The van der Waals surface area contributed by atoms with Gasteiger partial charge in [0.05, 0.1) is 10.6 Å². The van der Waals surface area contributed by atoms with Gasteiger partial charge >= 0.3 is 5.97 Å². The first-order valence-electron chi connectivity index (χ1n) is 16.2. The van der Waals surface area contributed by atoms with Gasteiger partial charge in [-0.3, -0.25) is 24.7 Å². The average molecular weight is 671 g/mol. The van der Waals surface area contributed by atoms with Gasteiger partial charge in [0, 0.05) is 87.2 Å². The van der Waals surface area contributed by atoms with Gasteiger partial charge in [0.2, 0.25) is 0 Å². The molecule has 1 aromatic heterocycles. The van der Waals surface area contributed by atoms with E-state index in [1.165, 1.54) is 35.3 Å². The van der Waals surface area contributed by atoms with Crippen LogP contribution in [-0.4, -0.2) is 83.7 Å². The van der Waals surface area contributed by atoms with Crippen molar-refractivity contribution in [2.24, 2.45) is 10.9 Å². The SMILES string of the molecule is CC1=Nc2snc(CCN3CCN(c4ccc(F)cc4)CC3)c2C(c2cccc([N+](=O)[O-])c2)C1C(=O)OCCN(C)Cc1ccccc1. The molecule has 2 aliphatic heterocycles. The molecular weight excluding hydrogens is 631 g/mol. The molecule has 4 aromatic rings. The molecule has 3 heterocycles. The van der Waals surface area contributed by atoms with Crippen LogP contribution in [0.3, 0.4) is 0 Å². The van der Waals surface area contributed by atoms with Crippen molar-refractivity contribution < 1.29 is 18.8 Å². The van der Waals surface area contributed by atoms with Gasteiger partial charge in [-0.15, -0.1) is 0 Å². The van der Waals surface area contributed by atoms with E-state index in [0.29, 0.717) is 24.2 Å². The zero-order valence-corrected chi connectivity index (χ0v) is 27.9. The summed E-state index contributed by atoms with van der Waals surface area (Å²) in [7, 11) is 1.98. The molecular formula is C36H39FN6O4S. The molecule has 2 atom stereocenters. The van der Waals surface area contributed by atoms with E-state index >= 15 is 0 Å². The average Bonchev–Trinajstić information content (AvgIpc) is 3.49. The molecule has 48 heavy (non-hydrogen) atoms. The quantitative estimate of drug-likeness (QED) is 0.101. The Hall–Kier alpha value is -4.52. The fraction of sp³-hybridized carbons (Fsp3) is 0.361. The minimum absolute atomic E-state index is 0.0346. The van der Waals surface area contributed by atoms with Gasteiger partial charge in [-0.1, -0.05) is 42.5 Å². The van der Waals surface area contributed by atoms with Crippen LogP contribution in [0.4, 0.5) is 20.8 Å². The minimum Gasteiger partial charge on any atom is -0.464 e. The van der Waals surface area contributed by atoms with Crippen molar-refractivity contribution in [3.8, 4) is 0 Å². The van der Waals surface area contributed by atoms with Crippen molar-refractivity contribution in [2.75, 3.05) is 57.8 Å². The Morgan fingerprint density at radius 3 is 2.54 bits per heavy atom. The monoisotopic (exact) mass is 670 g/mol. The lowest BCUT2D eigenvalue weighted by atomic mass is 9.76. The van der Waals surface area contributed by atoms with Crippen molar-refractivity contribution in [1.82, 2.24) is 14.2 Å². The number of anilines is 1. The van der Waals surface area contributed by atoms with E-state index in [4.69, 9.17) is 14.1 Å². The first kappa shape index (κ1) is 33.4. The van der Waals surface area contributed by atoms with Crippen LogP contribution in [0.5, 0.6) is 0 Å². The Morgan fingerprint density at radius 1 is 1.06 bits per heavy atom. The third kappa shape index (κ3) is 7.78. The largest absolute Gasteiger partial charge is 0.464 e. The number of hydrogen-bond acceptors (Lipinski definition) is 10. The highest BCUT2D eigenvalue weighted by molar-refractivity contribution is 7.10. The van der Waals surface area contributed by atoms with Gasteiger partial charge in [-0.2, -0.15) is 4.37 Å². The lowest BCUT2D eigenvalue weighted by Crippen LogP contribution is -2.47. The van der Waals surface area contributed by atoms with Crippen LogP contribution in [-0.2, 0) is 22.5 Å². The molecule has 0 radical (unpaired) electrons. The molecule has 1 saturated heterocycles. The summed E-state index contributed by atoms with van der Waals surface area (Å²) < 4.78 is 24.1. The van der Waals surface area contributed by atoms with E-state index in [1.54, 1.807) is 12.1 Å². The summed E-state index contributed by atoms with van der Waals surface area (Å²) in [6, 6.07) is 23.2. The van der Waals surface area contributed by atoms with E-state index in [9.17, 15) is 19.3 Å². The fourth-order valence-electron chi connectivity index (χ4n) is 6.54. The Kier molecular flexibility index (Phi) is 10.5. The Labute approximate surface area is 283 Å². The number of benzene rings is 3. The van der Waals surface area contributed by atoms with Crippen molar-refractivity contribution in [1.29, 1.82) is 0 Å². The number of ether oxygens (including phenoxy) is 1. The minimum atomic E-state index is -0.742. The molecule has 0 aliphatic carbocycles.